The van der Waals surface area contributed by atoms with Gasteiger partial charge in [-0.1, -0.05) is 12.1 Å². The number of benzene rings is 1. The number of fused-ring (bicyclic) bond motifs is 1. The number of rotatable bonds is 5. The van der Waals surface area contributed by atoms with Crippen molar-refractivity contribution in [2.45, 2.75) is 32.5 Å². The zero-order valence-corrected chi connectivity index (χ0v) is 21.0. The number of alkyl halides is 3. The smallest absolute Gasteiger partial charge is 0.475 e. The molecule has 1 amide bonds. The van der Waals surface area contributed by atoms with Gasteiger partial charge < -0.3 is 25.4 Å². The van der Waals surface area contributed by atoms with Gasteiger partial charge in [0.1, 0.15) is 11.6 Å². The number of anilines is 1. The molecule has 4 heterocycles. The summed E-state index contributed by atoms with van der Waals surface area (Å²) in [4.78, 5) is 27.8. The van der Waals surface area contributed by atoms with Crippen LogP contribution >= 0.6 is 0 Å². The van der Waals surface area contributed by atoms with Crippen LogP contribution in [0, 0.1) is 12.8 Å². The van der Waals surface area contributed by atoms with Crippen molar-refractivity contribution < 1.29 is 32.6 Å². The Kier molecular flexibility index (Phi) is 8.05. The minimum atomic E-state index is -5.08. The maximum Gasteiger partial charge on any atom is 0.490 e. The van der Waals surface area contributed by atoms with E-state index in [2.05, 4.69) is 44.9 Å². The highest BCUT2D eigenvalue weighted by Gasteiger charge is 2.38. The highest BCUT2D eigenvalue weighted by atomic mass is 19.4. The molecule has 13 heteroatoms. The molecule has 3 N–H and O–H groups in total. The van der Waals surface area contributed by atoms with Crippen LogP contribution in [0.5, 0.6) is 5.88 Å². The lowest BCUT2D eigenvalue weighted by Gasteiger charge is -2.29. The van der Waals surface area contributed by atoms with Gasteiger partial charge in [0.2, 0.25) is 11.8 Å². The van der Waals surface area contributed by atoms with Crippen molar-refractivity contribution in [3.05, 3.63) is 42.2 Å². The standard InChI is InChI=1S/C23H28N6O2.C2HF3O2/c1-15-12-26-29-14-20(17-3-5-19(6-4-17)28-9-7-24-8-10-28)27-23(22(15)29)31-16(2)18-11-21(30)25-13-18;3-2(4,5)1(6)7/h3-6,12,14,16,18,24H,7-11,13H2,1-2H3,(H,25,30);(H,6,7)/t16-,18-;/m1./s1. The molecule has 0 saturated carbocycles. The van der Waals surface area contributed by atoms with Crippen LogP contribution in [0.25, 0.3) is 16.8 Å². The van der Waals surface area contributed by atoms with E-state index in [9.17, 15) is 18.0 Å². The number of aryl methyl sites for hydroxylation is 1. The number of ether oxygens (including phenoxy) is 1. The van der Waals surface area contributed by atoms with Crippen molar-refractivity contribution in [1.82, 2.24) is 25.2 Å². The molecule has 38 heavy (non-hydrogen) atoms. The topological polar surface area (TPSA) is 121 Å². The Morgan fingerprint density at radius 3 is 2.45 bits per heavy atom. The van der Waals surface area contributed by atoms with Crippen LogP contribution in [-0.2, 0) is 9.59 Å². The van der Waals surface area contributed by atoms with E-state index in [-0.39, 0.29) is 17.9 Å². The van der Waals surface area contributed by atoms with E-state index in [1.165, 1.54) is 5.69 Å². The van der Waals surface area contributed by atoms with E-state index in [0.717, 1.165) is 48.5 Å². The summed E-state index contributed by atoms with van der Waals surface area (Å²) in [5, 5.41) is 17.9. The van der Waals surface area contributed by atoms with Crippen LogP contribution < -0.4 is 20.3 Å². The molecule has 0 spiro atoms. The summed E-state index contributed by atoms with van der Waals surface area (Å²) in [5.74, 6) is -1.98. The average molecular weight is 535 g/mol. The van der Waals surface area contributed by atoms with Crippen molar-refractivity contribution in [1.29, 1.82) is 0 Å². The van der Waals surface area contributed by atoms with Crippen LogP contribution in [0.2, 0.25) is 0 Å². The Morgan fingerprint density at radius 2 is 1.87 bits per heavy atom. The van der Waals surface area contributed by atoms with Crippen molar-refractivity contribution in [3.8, 4) is 17.1 Å². The number of carboxylic acids is 1. The fourth-order valence-corrected chi connectivity index (χ4v) is 4.34. The maximum absolute atomic E-state index is 11.6. The molecule has 0 aliphatic carbocycles. The summed E-state index contributed by atoms with van der Waals surface area (Å²) in [5.41, 5.74) is 4.93. The Morgan fingerprint density at radius 1 is 1.21 bits per heavy atom. The van der Waals surface area contributed by atoms with E-state index in [1.54, 1.807) is 0 Å². The molecule has 3 aromatic rings. The number of nitrogens with one attached hydrogen (secondary N) is 2. The molecule has 0 unspecified atom stereocenters. The first kappa shape index (κ1) is 27.2. The highest BCUT2D eigenvalue weighted by Crippen LogP contribution is 2.30. The molecule has 2 fully saturated rings. The van der Waals surface area contributed by atoms with Crippen LogP contribution in [0.15, 0.2) is 36.7 Å². The first-order valence-corrected chi connectivity index (χ1v) is 12.2. The fourth-order valence-electron chi connectivity index (χ4n) is 4.34. The Bertz CT molecular complexity index is 1290. The summed E-state index contributed by atoms with van der Waals surface area (Å²) in [6.07, 6.45) is -0.953. The number of hydrogen-bond donors (Lipinski definition) is 3. The average Bonchev–Trinajstić information content (AvgIpc) is 3.50. The summed E-state index contributed by atoms with van der Waals surface area (Å²) >= 11 is 0. The van der Waals surface area contributed by atoms with Gasteiger partial charge in [-0.05, 0) is 26.0 Å². The van der Waals surface area contributed by atoms with Gasteiger partial charge in [0.15, 0.2) is 0 Å². The largest absolute Gasteiger partial charge is 0.490 e. The van der Waals surface area contributed by atoms with Gasteiger partial charge in [0, 0.05) is 61.9 Å². The van der Waals surface area contributed by atoms with Gasteiger partial charge in [0.05, 0.1) is 18.1 Å². The second-order valence-corrected chi connectivity index (χ2v) is 9.23. The first-order chi connectivity index (χ1) is 18.0. The number of nitrogens with zero attached hydrogens (tertiary/aromatic N) is 4. The quantitative estimate of drug-likeness (QED) is 0.457. The monoisotopic (exact) mass is 534 g/mol. The van der Waals surface area contributed by atoms with Crippen LogP contribution in [-0.4, -0.2) is 76.6 Å². The number of piperazine rings is 1. The molecule has 1 aromatic carbocycles. The zero-order chi connectivity index (χ0) is 27.4. The maximum atomic E-state index is 11.6. The summed E-state index contributed by atoms with van der Waals surface area (Å²) < 4.78 is 39.9. The number of aromatic nitrogens is 3. The minimum absolute atomic E-state index is 0.0809. The van der Waals surface area contributed by atoms with Crippen molar-refractivity contribution in [3.63, 3.8) is 0 Å². The van der Waals surface area contributed by atoms with E-state index in [4.69, 9.17) is 19.6 Å². The molecule has 2 aliphatic rings. The number of hydrogen-bond acceptors (Lipinski definition) is 7. The molecule has 2 aliphatic heterocycles. The number of halogens is 3. The molecule has 10 nitrogen and oxygen atoms in total. The molecular formula is C25H29F3N6O4. The molecule has 0 bridgehead atoms. The predicted molar refractivity (Wildman–Crippen MR) is 133 cm³/mol. The van der Waals surface area contributed by atoms with Gasteiger partial charge in [-0.25, -0.2) is 14.3 Å². The second-order valence-electron chi connectivity index (χ2n) is 9.23. The summed E-state index contributed by atoms with van der Waals surface area (Å²) in [6, 6.07) is 8.52. The number of carboxylic acid groups (broad SMARTS) is 1. The van der Waals surface area contributed by atoms with Crippen LogP contribution in [0.3, 0.4) is 0 Å². The van der Waals surface area contributed by atoms with Gasteiger partial charge in [-0.15, -0.1) is 0 Å². The van der Waals surface area contributed by atoms with Gasteiger partial charge in [-0.3, -0.25) is 4.79 Å². The predicted octanol–water partition coefficient (Wildman–Crippen LogP) is 2.65. The third-order valence-electron chi connectivity index (χ3n) is 6.51. The first-order valence-electron chi connectivity index (χ1n) is 12.2. The van der Waals surface area contributed by atoms with E-state index >= 15 is 0 Å². The zero-order valence-electron chi connectivity index (χ0n) is 21.0. The van der Waals surface area contributed by atoms with E-state index in [0.29, 0.717) is 18.8 Å². The Labute approximate surface area is 216 Å². The minimum Gasteiger partial charge on any atom is -0.475 e. The number of amides is 1. The third-order valence-corrected chi connectivity index (χ3v) is 6.51. The van der Waals surface area contributed by atoms with Crippen LogP contribution in [0.1, 0.15) is 18.9 Å². The van der Waals surface area contributed by atoms with Crippen molar-refractivity contribution in [2.75, 3.05) is 37.6 Å². The SMILES string of the molecule is Cc1cnn2cc(-c3ccc(N4CCNCC4)cc3)nc(O[C@H](C)[C@H]3CNC(=O)C3)c12.O=C(O)C(F)(F)F. The lowest BCUT2D eigenvalue weighted by molar-refractivity contribution is -0.192. The Balaban J connectivity index is 0.000000426. The van der Waals surface area contributed by atoms with Crippen LogP contribution in [0.4, 0.5) is 18.9 Å². The van der Waals surface area contributed by atoms with E-state index in [1.807, 2.05) is 30.8 Å². The third kappa shape index (κ3) is 6.33. The molecule has 2 atom stereocenters. The highest BCUT2D eigenvalue weighted by molar-refractivity contribution is 5.78. The van der Waals surface area contributed by atoms with E-state index < -0.39 is 12.1 Å². The number of carbonyl (C=O) groups excluding carboxylic acids is 1. The molecule has 0 radical (unpaired) electrons. The lowest BCUT2D eigenvalue weighted by atomic mass is 10.0. The molecule has 2 saturated heterocycles. The van der Waals surface area contributed by atoms with Gasteiger partial charge in [0.25, 0.3) is 0 Å². The van der Waals surface area contributed by atoms with Crippen molar-refractivity contribution >= 4 is 23.1 Å². The number of aliphatic carboxylic acids is 1. The van der Waals surface area contributed by atoms with Gasteiger partial charge >= 0.3 is 12.1 Å². The molecule has 204 valence electrons. The van der Waals surface area contributed by atoms with Gasteiger partial charge in [-0.2, -0.15) is 18.3 Å². The number of carbonyl (C=O) groups is 2. The fraction of sp³-hybridized carbons (Fsp3) is 0.440. The second kappa shape index (κ2) is 11.3. The Hall–Kier alpha value is -3.87. The molecule has 5 rings (SSSR count). The summed E-state index contributed by atoms with van der Waals surface area (Å²) in [7, 11) is 0. The normalized spacial score (nSPS) is 18.5. The molecule has 2 aromatic heterocycles. The lowest BCUT2D eigenvalue weighted by Crippen LogP contribution is -2.43. The molecular weight excluding hydrogens is 505 g/mol. The van der Waals surface area contributed by atoms with Crippen molar-refractivity contribution in [2.24, 2.45) is 5.92 Å². The summed E-state index contributed by atoms with van der Waals surface area (Å²) in [6.45, 7) is 8.71.